The first-order valence-electron chi connectivity index (χ1n) is 5.38. The lowest BCUT2D eigenvalue weighted by molar-refractivity contribution is 0.0914. The molecule has 0 aliphatic heterocycles. The van der Waals surface area contributed by atoms with E-state index in [1.165, 1.54) is 13.2 Å². The van der Waals surface area contributed by atoms with Crippen LogP contribution >= 0.6 is 0 Å². The zero-order valence-corrected chi connectivity index (χ0v) is 9.19. The monoisotopic (exact) mass is 221 g/mol. The molecule has 1 aromatic rings. The highest BCUT2D eigenvalue weighted by atomic mass is 16.5. The molecule has 0 spiro atoms. The van der Waals surface area contributed by atoms with Gasteiger partial charge in [-0.3, -0.25) is 4.79 Å². The highest BCUT2D eigenvalue weighted by Gasteiger charge is 2.21. The van der Waals surface area contributed by atoms with E-state index in [1.54, 1.807) is 12.1 Å². The fraction of sp³-hybridized carbons (Fsp3) is 0.417. The first-order chi connectivity index (χ1) is 7.70. The number of carbonyl (C=O) groups excluding carboxylic acids is 1. The Kier molecular flexibility index (Phi) is 2.99. The molecule has 1 amide bonds. The molecule has 4 heteroatoms. The third-order valence-electron chi connectivity index (χ3n) is 2.89. The maximum atomic E-state index is 11.8. The Bertz CT molecular complexity index is 399. The summed E-state index contributed by atoms with van der Waals surface area (Å²) in [5.41, 5.74) is 0.270. The predicted molar refractivity (Wildman–Crippen MR) is 59.8 cm³/mol. The van der Waals surface area contributed by atoms with Crippen LogP contribution in [-0.4, -0.2) is 24.2 Å². The van der Waals surface area contributed by atoms with Gasteiger partial charge in [0.05, 0.1) is 12.7 Å². The summed E-state index contributed by atoms with van der Waals surface area (Å²) in [6, 6.07) is 4.89. The lowest BCUT2D eigenvalue weighted by Crippen LogP contribution is -2.39. The summed E-state index contributed by atoms with van der Waals surface area (Å²) in [6.45, 7) is 0. The normalized spacial score (nSPS) is 15.3. The third kappa shape index (κ3) is 2.10. The molecule has 0 radical (unpaired) electrons. The average molecular weight is 221 g/mol. The van der Waals surface area contributed by atoms with Crippen LogP contribution in [-0.2, 0) is 0 Å². The number of amides is 1. The van der Waals surface area contributed by atoms with E-state index in [0.29, 0.717) is 5.75 Å². The SMILES string of the molecule is COc1ccc(O)c(C(=O)NC2CCC2)c1. The molecular weight excluding hydrogens is 206 g/mol. The number of phenols is 1. The zero-order chi connectivity index (χ0) is 11.5. The summed E-state index contributed by atoms with van der Waals surface area (Å²) in [5, 5.41) is 12.5. The minimum absolute atomic E-state index is 0.0161. The molecule has 1 aliphatic rings. The van der Waals surface area contributed by atoms with Gasteiger partial charge < -0.3 is 15.2 Å². The highest BCUT2D eigenvalue weighted by Crippen LogP contribution is 2.24. The van der Waals surface area contributed by atoms with Crippen molar-refractivity contribution in [2.24, 2.45) is 0 Å². The van der Waals surface area contributed by atoms with E-state index in [-0.39, 0.29) is 23.3 Å². The van der Waals surface area contributed by atoms with Gasteiger partial charge in [-0.1, -0.05) is 0 Å². The van der Waals surface area contributed by atoms with Crippen LogP contribution in [0.2, 0.25) is 0 Å². The number of methoxy groups -OCH3 is 1. The maximum absolute atomic E-state index is 11.8. The molecule has 16 heavy (non-hydrogen) atoms. The van der Waals surface area contributed by atoms with Crippen molar-refractivity contribution in [2.45, 2.75) is 25.3 Å². The van der Waals surface area contributed by atoms with Gasteiger partial charge in [0.1, 0.15) is 11.5 Å². The van der Waals surface area contributed by atoms with Crippen molar-refractivity contribution in [1.82, 2.24) is 5.32 Å². The molecule has 0 saturated heterocycles. The fourth-order valence-corrected chi connectivity index (χ4v) is 1.64. The lowest BCUT2D eigenvalue weighted by Gasteiger charge is -2.26. The van der Waals surface area contributed by atoms with Gasteiger partial charge in [-0.05, 0) is 37.5 Å². The highest BCUT2D eigenvalue weighted by molar-refractivity contribution is 5.97. The Morgan fingerprint density at radius 3 is 2.81 bits per heavy atom. The van der Waals surface area contributed by atoms with Crippen molar-refractivity contribution in [3.05, 3.63) is 23.8 Å². The molecular formula is C12H15NO3. The van der Waals surface area contributed by atoms with Crippen LogP contribution in [0.4, 0.5) is 0 Å². The van der Waals surface area contributed by atoms with Crippen LogP contribution in [0.1, 0.15) is 29.6 Å². The number of phenolic OH excluding ortho intramolecular Hbond substituents is 1. The predicted octanol–water partition coefficient (Wildman–Crippen LogP) is 1.68. The second-order valence-electron chi connectivity index (χ2n) is 3.98. The van der Waals surface area contributed by atoms with E-state index in [4.69, 9.17) is 4.74 Å². The zero-order valence-electron chi connectivity index (χ0n) is 9.19. The van der Waals surface area contributed by atoms with Gasteiger partial charge in [-0.2, -0.15) is 0 Å². The minimum atomic E-state index is -0.235. The topological polar surface area (TPSA) is 58.6 Å². The Labute approximate surface area is 94.2 Å². The molecule has 1 saturated carbocycles. The first-order valence-corrected chi connectivity index (χ1v) is 5.38. The summed E-state index contributed by atoms with van der Waals surface area (Å²) in [6.07, 6.45) is 3.21. The van der Waals surface area contributed by atoms with Crippen molar-refractivity contribution in [3.8, 4) is 11.5 Å². The molecule has 0 aromatic heterocycles. The quantitative estimate of drug-likeness (QED) is 0.816. The van der Waals surface area contributed by atoms with E-state index < -0.39 is 0 Å². The molecule has 0 unspecified atom stereocenters. The van der Waals surface area contributed by atoms with Gasteiger partial charge in [0.2, 0.25) is 0 Å². The second-order valence-corrected chi connectivity index (χ2v) is 3.98. The molecule has 86 valence electrons. The van der Waals surface area contributed by atoms with Gasteiger partial charge >= 0.3 is 0 Å². The van der Waals surface area contributed by atoms with E-state index in [2.05, 4.69) is 5.32 Å². The largest absolute Gasteiger partial charge is 0.507 e. The maximum Gasteiger partial charge on any atom is 0.255 e. The van der Waals surface area contributed by atoms with Crippen molar-refractivity contribution in [2.75, 3.05) is 7.11 Å². The van der Waals surface area contributed by atoms with Gasteiger partial charge in [0.25, 0.3) is 5.91 Å². The Balaban J connectivity index is 2.13. The smallest absolute Gasteiger partial charge is 0.255 e. The first kappa shape index (κ1) is 10.8. The van der Waals surface area contributed by atoms with Crippen molar-refractivity contribution < 1.29 is 14.6 Å². The third-order valence-corrected chi connectivity index (χ3v) is 2.89. The van der Waals surface area contributed by atoms with Crippen molar-refractivity contribution in [1.29, 1.82) is 0 Å². The standard InChI is InChI=1S/C12H15NO3/c1-16-9-5-6-11(14)10(7-9)12(15)13-8-3-2-4-8/h5-8,14H,2-4H2,1H3,(H,13,15). The molecule has 2 N–H and O–H groups in total. The molecule has 1 fully saturated rings. The van der Waals surface area contributed by atoms with Crippen LogP contribution < -0.4 is 10.1 Å². The number of benzene rings is 1. The number of hydrogen-bond acceptors (Lipinski definition) is 3. The van der Waals surface area contributed by atoms with Crippen LogP contribution in [0, 0.1) is 0 Å². The minimum Gasteiger partial charge on any atom is -0.507 e. The van der Waals surface area contributed by atoms with E-state index in [1.807, 2.05) is 0 Å². The number of aromatic hydroxyl groups is 1. The summed E-state index contributed by atoms with van der Waals surface area (Å²) in [7, 11) is 1.53. The van der Waals surface area contributed by atoms with E-state index in [9.17, 15) is 9.90 Å². The summed E-state index contributed by atoms with van der Waals surface area (Å²) >= 11 is 0. The number of nitrogens with one attached hydrogen (secondary N) is 1. The molecule has 2 rings (SSSR count). The van der Waals surface area contributed by atoms with Crippen LogP contribution in [0.5, 0.6) is 11.5 Å². The Hall–Kier alpha value is -1.71. The van der Waals surface area contributed by atoms with Crippen LogP contribution in [0.15, 0.2) is 18.2 Å². The molecule has 1 aliphatic carbocycles. The summed E-state index contributed by atoms with van der Waals surface area (Å²) in [5.74, 6) is 0.315. The van der Waals surface area contributed by atoms with Gasteiger partial charge in [0.15, 0.2) is 0 Å². The molecule has 0 heterocycles. The van der Waals surface area contributed by atoms with E-state index in [0.717, 1.165) is 19.3 Å². The lowest BCUT2D eigenvalue weighted by atomic mass is 9.93. The molecule has 4 nitrogen and oxygen atoms in total. The molecule has 0 bridgehead atoms. The average Bonchev–Trinajstić information content (AvgIpc) is 2.24. The summed E-state index contributed by atoms with van der Waals surface area (Å²) < 4.78 is 5.01. The number of ether oxygens (including phenoxy) is 1. The molecule has 0 atom stereocenters. The van der Waals surface area contributed by atoms with Crippen molar-refractivity contribution >= 4 is 5.91 Å². The number of hydrogen-bond donors (Lipinski definition) is 2. The van der Waals surface area contributed by atoms with E-state index >= 15 is 0 Å². The number of rotatable bonds is 3. The van der Waals surface area contributed by atoms with Crippen LogP contribution in [0.25, 0.3) is 0 Å². The molecule has 1 aromatic carbocycles. The fourth-order valence-electron chi connectivity index (χ4n) is 1.64. The van der Waals surface area contributed by atoms with Gasteiger partial charge in [0, 0.05) is 6.04 Å². The van der Waals surface area contributed by atoms with Crippen LogP contribution in [0.3, 0.4) is 0 Å². The van der Waals surface area contributed by atoms with Crippen molar-refractivity contribution in [3.63, 3.8) is 0 Å². The number of carbonyl (C=O) groups is 1. The summed E-state index contributed by atoms with van der Waals surface area (Å²) in [4.78, 5) is 11.8. The van der Waals surface area contributed by atoms with Gasteiger partial charge in [-0.25, -0.2) is 0 Å². The van der Waals surface area contributed by atoms with Gasteiger partial charge in [-0.15, -0.1) is 0 Å². The Morgan fingerprint density at radius 1 is 1.50 bits per heavy atom. The Morgan fingerprint density at radius 2 is 2.25 bits per heavy atom. The second kappa shape index (κ2) is 4.43.